The van der Waals surface area contributed by atoms with E-state index in [2.05, 4.69) is 34.5 Å². The molecule has 120 valence electrons. The Morgan fingerprint density at radius 2 is 1.91 bits per heavy atom. The van der Waals surface area contributed by atoms with Crippen LogP contribution < -0.4 is 4.90 Å². The van der Waals surface area contributed by atoms with Crippen LogP contribution in [0.4, 0.5) is 0 Å². The molecular formula is C17H22N5O+. The van der Waals surface area contributed by atoms with E-state index in [0.29, 0.717) is 0 Å². The largest absolute Gasteiger partial charge is 0.364 e. The minimum atomic E-state index is 0.285. The Bertz CT molecular complexity index is 849. The number of quaternary nitrogens is 1. The lowest BCUT2D eigenvalue weighted by Gasteiger charge is -2.31. The number of nitrogens with one attached hydrogen (secondary N) is 1. The number of aryl methyl sites for hydroxylation is 1. The summed E-state index contributed by atoms with van der Waals surface area (Å²) < 4.78 is 7.93. The van der Waals surface area contributed by atoms with Gasteiger partial charge in [0.1, 0.15) is 37.7 Å². The Hall–Kier alpha value is -2.05. The Morgan fingerprint density at radius 3 is 2.70 bits per heavy atom. The van der Waals surface area contributed by atoms with Crippen molar-refractivity contribution in [2.24, 2.45) is 0 Å². The highest BCUT2D eigenvalue weighted by atomic mass is 16.5. The van der Waals surface area contributed by atoms with Crippen LogP contribution in [0.1, 0.15) is 25.5 Å². The molecule has 1 fully saturated rings. The monoisotopic (exact) mass is 312 g/mol. The molecule has 4 rings (SSSR count). The molecule has 0 bridgehead atoms. The zero-order chi connectivity index (χ0) is 16.0. The van der Waals surface area contributed by atoms with E-state index in [1.807, 2.05) is 25.1 Å². The van der Waals surface area contributed by atoms with E-state index >= 15 is 0 Å². The molecule has 1 aromatic carbocycles. The summed E-state index contributed by atoms with van der Waals surface area (Å²) in [6, 6.07) is 8.10. The number of aromatic nitrogens is 4. The SMILES string of the molecule is Cc1nc2ccccc2c2nnc(C[NH+]3C[C@@H](C)O[C@@H](C)C3)n12. The molecule has 0 amide bonds. The Balaban J connectivity index is 1.75. The molecule has 0 saturated carbocycles. The smallest absolute Gasteiger partial charge is 0.194 e. The van der Waals surface area contributed by atoms with Gasteiger partial charge in [-0.05, 0) is 32.9 Å². The normalized spacial score (nSPS) is 25.3. The molecule has 3 heterocycles. The van der Waals surface area contributed by atoms with Crippen LogP contribution in [0.5, 0.6) is 0 Å². The maximum Gasteiger partial charge on any atom is 0.194 e. The summed E-state index contributed by atoms with van der Waals surface area (Å²) in [6.45, 7) is 9.14. The summed E-state index contributed by atoms with van der Waals surface area (Å²) >= 11 is 0. The van der Waals surface area contributed by atoms with Gasteiger partial charge in [-0.1, -0.05) is 12.1 Å². The number of rotatable bonds is 2. The Morgan fingerprint density at radius 1 is 1.17 bits per heavy atom. The lowest BCUT2D eigenvalue weighted by Crippen LogP contribution is -3.14. The van der Waals surface area contributed by atoms with Crippen molar-refractivity contribution in [2.45, 2.75) is 39.5 Å². The van der Waals surface area contributed by atoms with Crippen LogP contribution in [0.25, 0.3) is 16.6 Å². The molecule has 3 aromatic rings. The van der Waals surface area contributed by atoms with E-state index in [1.165, 1.54) is 4.90 Å². The van der Waals surface area contributed by atoms with Crippen molar-refractivity contribution in [3.05, 3.63) is 35.9 Å². The van der Waals surface area contributed by atoms with E-state index < -0.39 is 0 Å². The molecule has 6 nitrogen and oxygen atoms in total. The van der Waals surface area contributed by atoms with Gasteiger partial charge in [-0.25, -0.2) is 4.98 Å². The predicted octanol–water partition coefficient (Wildman–Crippen LogP) is 0.778. The van der Waals surface area contributed by atoms with Gasteiger partial charge < -0.3 is 9.64 Å². The van der Waals surface area contributed by atoms with Crippen molar-refractivity contribution < 1.29 is 9.64 Å². The molecule has 0 spiro atoms. The lowest BCUT2D eigenvalue weighted by atomic mass is 10.2. The fraction of sp³-hybridized carbons (Fsp3) is 0.471. The number of ether oxygens (including phenoxy) is 1. The van der Waals surface area contributed by atoms with E-state index in [-0.39, 0.29) is 12.2 Å². The van der Waals surface area contributed by atoms with Crippen LogP contribution in [0.3, 0.4) is 0 Å². The first-order chi connectivity index (χ1) is 11.1. The van der Waals surface area contributed by atoms with E-state index in [4.69, 9.17) is 9.72 Å². The molecule has 1 aliphatic heterocycles. The summed E-state index contributed by atoms with van der Waals surface area (Å²) in [5, 5.41) is 9.95. The summed E-state index contributed by atoms with van der Waals surface area (Å²) in [6.07, 6.45) is 0.570. The van der Waals surface area contributed by atoms with Crippen molar-refractivity contribution in [2.75, 3.05) is 13.1 Å². The first-order valence-corrected chi connectivity index (χ1v) is 8.20. The number of hydrogen-bond acceptors (Lipinski definition) is 4. The Labute approximate surface area is 135 Å². The molecule has 0 aliphatic carbocycles. The fourth-order valence-electron chi connectivity index (χ4n) is 3.69. The highest BCUT2D eigenvalue weighted by molar-refractivity contribution is 5.91. The van der Waals surface area contributed by atoms with Gasteiger partial charge in [0.2, 0.25) is 0 Å². The minimum Gasteiger partial charge on any atom is -0.364 e. The average molecular weight is 312 g/mol. The highest BCUT2D eigenvalue weighted by Crippen LogP contribution is 2.18. The van der Waals surface area contributed by atoms with Crippen molar-refractivity contribution in [1.29, 1.82) is 0 Å². The summed E-state index contributed by atoms with van der Waals surface area (Å²) in [5.74, 6) is 1.92. The number of morpholine rings is 1. The molecule has 3 atom stereocenters. The molecule has 1 unspecified atom stereocenters. The second kappa shape index (κ2) is 5.54. The fourth-order valence-corrected chi connectivity index (χ4v) is 3.69. The third-order valence-electron chi connectivity index (χ3n) is 4.51. The minimum absolute atomic E-state index is 0.285. The predicted molar refractivity (Wildman–Crippen MR) is 87.4 cm³/mol. The number of benzene rings is 1. The third-order valence-corrected chi connectivity index (χ3v) is 4.51. The molecule has 1 saturated heterocycles. The lowest BCUT2D eigenvalue weighted by molar-refractivity contribution is -0.929. The second-order valence-corrected chi connectivity index (χ2v) is 6.54. The maximum absolute atomic E-state index is 5.83. The van der Waals surface area contributed by atoms with Crippen LogP contribution in [-0.4, -0.2) is 44.9 Å². The Kier molecular flexibility index (Phi) is 3.50. The molecular weight excluding hydrogens is 290 g/mol. The topological polar surface area (TPSA) is 56.8 Å². The maximum atomic E-state index is 5.83. The zero-order valence-electron chi connectivity index (χ0n) is 13.8. The van der Waals surface area contributed by atoms with Gasteiger partial charge in [-0.15, -0.1) is 10.2 Å². The summed E-state index contributed by atoms with van der Waals surface area (Å²) in [4.78, 5) is 6.19. The average Bonchev–Trinajstić information content (AvgIpc) is 2.91. The van der Waals surface area contributed by atoms with Crippen molar-refractivity contribution in [3.8, 4) is 0 Å². The third kappa shape index (κ3) is 2.58. The van der Waals surface area contributed by atoms with Crippen molar-refractivity contribution >= 4 is 16.6 Å². The van der Waals surface area contributed by atoms with E-state index in [9.17, 15) is 0 Å². The number of para-hydroxylation sites is 1. The zero-order valence-corrected chi connectivity index (χ0v) is 13.8. The van der Waals surface area contributed by atoms with E-state index in [1.54, 1.807) is 0 Å². The van der Waals surface area contributed by atoms with Gasteiger partial charge in [-0.2, -0.15) is 0 Å². The van der Waals surface area contributed by atoms with Gasteiger partial charge in [0.05, 0.1) is 5.52 Å². The van der Waals surface area contributed by atoms with Gasteiger partial charge in [0.25, 0.3) is 0 Å². The first kappa shape index (κ1) is 14.5. The standard InChI is InChI=1S/C17H21N5O/c1-11-8-21(9-12(2)23-11)10-16-19-20-17-14-6-4-5-7-15(14)18-13(3)22(16)17/h4-7,11-12H,8-10H2,1-3H3/p+1/t11-,12+. The quantitative estimate of drug-likeness (QED) is 0.760. The number of hydrogen-bond donors (Lipinski definition) is 1. The van der Waals surface area contributed by atoms with Crippen LogP contribution in [-0.2, 0) is 11.3 Å². The van der Waals surface area contributed by atoms with Gasteiger partial charge in [0, 0.05) is 5.39 Å². The van der Waals surface area contributed by atoms with Crippen molar-refractivity contribution in [3.63, 3.8) is 0 Å². The molecule has 1 N–H and O–H groups in total. The molecule has 6 heteroatoms. The van der Waals surface area contributed by atoms with Gasteiger partial charge >= 0.3 is 0 Å². The molecule has 0 radical (unpaired) electrons. The second-order valence-electron chi connectivity index (χ2n) is 6.54. The molecule has 23 heavy (non-hydrogen) atoms. The van der Waals surface area contributed by atoms with Crippen LogP contribution >= 0.6 is 0 Å². The van der Waals surface area contributed by atoms with Gasteiger partial charge in [-0.3, -0.25) is 4.40 Å². The number of fused-ring (bicyclic) bond motifs is 3. The van der Waals surface area contributed by atoms with Gasteiger partial charge in [0.15, 0.2) is 11.5 Å². The number of nitrogens with zero attached hydrogens (tertiary/aromatic N) is 4. The van der Waals surface area contributed by atoms with E-state index in [0.717, 1.165) is 47.8 Å². The van der Waals surface area contributed by atoms with Crippen LogP contribution in [0.15, 0.2) is 24.3 Å². The highest BCUT2D eigenvalue weighted by Gasteiger charge is 2.27. The van der Waals surface area contributed by atoms with Crippen molar-refractivity contribution in [1.82, 2.24) is 19.6 Å². The first-order valence-electron chi connectivity index (χ1n) is 8.20. The van der Waals surface area contributed by atoms with Crippen LogP contribution in [0, 0.1) is 6.92 Å². The van der Waals surface area contributed by atoms with Crippen LogP contribution in [0.2, 0.25) is 0 Å². The molecule has 1 aliphatic rings. The summed E-state index contributed by atoms with van der Waals surface area (Å²) in [7, 11) is 0. The molecule has 2 aromatic heterocycles. The summed E-state index contributed by atoms with van der Waals surface area (Å²) in [5.41, 5.74) is 1.87.